The fourth-order valence-electron chi connectivity index (χ4n) is 2.00. The van der Waals surface area contributed by atoms with E-state index in [-0.39, 0.29) is 11.8 Å². The van der Waals surface area contributed by atoms with E-state index in [1.54, 1.807) is 0 Å². The Balaban J connectivity index is 3.79. The van der Waals surface area contributed by atoms with Crippen molar-refractivity contribution in [3.63, 3.8) is 0 Å². The van der Waals surface area contributed by atoms with Crippen LogP contribution >= 0.6 is 0 Å². The van der Waals surface area contributed by atoms with Gasteiger partial charge >= 0.3 is 0 Å². The zero-order valence-electron chi connectivity index (χ0n) is 11.2. The van der Waals surface area contributed by atoms with E-state index in [9.17, 15) is 4.39 Å². The van der Waals surface area contributed by atoms with Gasteiger partial charge in [-0.1, -0.05) is 53.9 Å². The number of unbranched alkanes of at least 4 members (excludes halogenated alkanes) is 1. The minimum Gasteiger partial charge on any atom is -0.247 e. The lowest BCUT2D eigenvalue weighted by Gasteiger charge is -2.23. The minimum atomic E-state index is -0.602. The Labute approximate surface area is 95.6 Å². The highest BCUT2D eigenvalue weighted by atomic mass is 19.1. The molecule has 0 amide bonds. The first-order chi connectivity index (χ1) is 6.99. The highest BCUT2D eigenvalue weighted by molar-refractivity contribution is 4.71. The SMILES string of the molecule is CCCCC(C)C(F)C(C)CCC(C)C. The van der Waals surface area contributed by atoms with Crippen LogP contribution in [0.5, 0.6) is 0 Å². The van der Waals surface area contributed by atoms with Gasteiger partial charge in [-0.05, 0) is 30.6 Å². The van der Waals surface area contributed by atoms with Crippen LogP contribution in [0.4, 0.5) is 4.39 Å². The van der Waals surface area contributed by atoms with Crippen LogP contribution in [0.1, 0.15) is 66.7 Å². The largest absolute Gasteiger partial charge is 0.247 e. The average molecular weight is 216 g/mol. The van der Waals surface area contributed by atoms with Crippen LogP contribution in [0.25, 0.3) is 0 Å². The molecule has 0 saturated carbocycles. The van der Waals surface area contributed by atoms with Gasteiger partial charge in [-0.25, -0.2) is 4.39 Å². The smallest absolute Gasteiger partial charge is 0.105 e. The first-order valence-electron chi connectivity index (χ1n) is 6.63. The quantitative estimate of drug-likeness (QED) is 0.521. The van der Waals surface area contributed by atoms with Crippen molar-refractivity contribution >= 4 is 0 Å². The molecule has 0 aliphatic heterocycles. The standard InChI is InChI=1S/C14H29F/c1-6-7-8-12(4)14(15)13(5)10-9-11(2)3/h11-14H,6-10H2,1-5H3. The number of hydrogen-bond acceptors (Lipinski definition) is 0. The number of rotatable bonds is 8. The summed E-state index contributed by atoms with van der Waals surface area (Å²) in [6.07, 6.45) is 4.98. The number of hydrogen-bond donors (Lipinski definition) is 0. The lowest BCUT2D eigenvalue weighted by atomic mass is 9.87. The van der Waals surface area contributed by atoms with Crippen LogP contribution < -0.4 is 0 Å². The van der Waals surface area contributed by atoms with Crippen LogP contribution in [0.3, 0.4) is 0 Å². The zero-order chi connectivity index (χ0) is 11.8. The maximum absolute atomic E-state index is 14.0. The third-order valence-electron chi connectivity index (χ3n) is 3.30. The Morgan fingerprint density at radius 3 is 1.87 bits per heavy atom. The molecule has 92 valence electrons. The van der Waals surface area contributed by atoms with Crippen molar-refractivity contribution in [1.29, 1.82) is 0 Å². The Morgan fingerprint density at radius 1 is 0.867 bits per heavy atom. The van der Waals surface area contributed by atoms with E-state index in [0.717, 1.165) is 19.3 Å². The molecule has 3 atom stereocenters. The molecule has 1 heteroatoms. The summed E-state index contributed by atoms with van der Waals surface area (Å²) >= 11 is 0. The van der Waals surface area contributed by atoms with E-state index in [1.807, 2.05) is 0 Å². The molecule has 0 N–H and O–H groups in total. The summed E-state index contributed by atoms with van der Waals surface area (Å²) in [5, 5.41) is 0. The van der Waals surface area contributed by atoms with Gasteiger partial charge < -0.3 is 0 Å². The Morgan fingerprint density at radius 2 is 1.40 bits per heavy atom. The van der Waals surface area contributed by atoms with Gasteiger partial charge in [-0.3, -0.25) is 0 Å². The lowest BCUT2D eigenvalue weighted by molar-refractivity contribution is 0.149. The molecule has 0 aliphatic rings. The highest BCUT2D eigenvalue weighted by Gasteiger charge is 2.22. The first-order valence-corrected chi connectivity index (χ1v) is 6.63. The van der Waals surface area contributed by atoms with Crippen LogP contribution in [-0.2, 0) is 0 Å². The zero-order valence-corrected chi connectivity index (χ0v) is 11.2. The van der Waals surface area contributed by atoms with Crippen LogP contribution in [-0.4, -0.2) is 6.17 Å². The van der Waals surface area contributed by atoms with Crippen molar-refractivity contribution in [1.82, 2.24) is 0 Å². The molecule has 0 saturated heterocycles. The van der Waals surface area contributed by atoms with Crippen LogP contribution in [0.15, 0.2) is 0 Å². The molecule has 0 aromatic carbocycles. The maximum atomic E-state index is 14.0. The van der Waals surface area contributed by atoms with Crippen LogP contribution in [0.2, 0.25) is 0 Å². The van der Waals surface area contributed by atoms with Crippen molar-refractivity contribution in [2.45, 2.75) is 72.9 Å². The average Bonchev–Trinajstić information content (AvgIpc) is 2.21. The molecule has 0 aromatic rings. The lowest BCUT2D eigenvalue weighted by Crippen LogP contribution is -2.21. The molecule has 3 unspecified atom stereocenters. The summed E-state index contributed by atoms with van der Waals surface area (Å²) < 4.78 is 14.0. The molecular formula is C14H29F. The molecule has 0 radical (unpaired) electrons. The molecule has 0 bridgehead atoms. The molecule has 0 aliphatic carbocycles. The van der Waals surface area contributed by atoms with Gasteiger partial charge in [0, 0.05) is 0 Å². The Kier molecular flexibility index (Phi) is 8.09. The maximum Gasteiger partial charge on any atom is 0.105 e. The second kappa shape index (κ2) is 8.13. The Hall–Kier alpha value is -0.0700. The van der Waals surface area contributed by atoms with Crippen molar-refractivity contribution in [2.24, 2.45) is 17.8 Å². The van der Waals surface area contributed by atoms with Crippen molar-refractivity contribution in [3.05, 3.63) is 0 Å². The van der Waals surface area contributed by atoms with Gasteiger partial charge in [0.1, 0.15) is 6.17 Å². The van der Waals surface area contributed by atoms with Gasteiger partial charge in [-0.2, -0.15) is 0 Å². The molecule has 15 heavy (non-hydrogen) atoms. The third kappa shape index (κ3) is 6.92. The Bertz CT molecular complexity index is 142. The van der Waals surface area contributed by atoms with Gasteiger partial charge in [-0.15, -0.1) is 0 Å². The fraction of sp³-hybridized carbons (Fsp3) is 1.00. The predicted octanol–water partition coefficient (Wildman–Crippen LogP) is 5.22. The third-order valence-corrected chi connectivity index (χ3v) is 3.30. The summed E-state index contributed by atoms with van der Waals surface area (Å²) in [4.78, 5) is 0. The molecule has 0 aromatic heterocycles. The van der Waals surface area contributed by atoms with E-state index in [0.29, 0.717) is 5.92 Å². The minimum absolute atomic E-state index is 0.235. The van der Waals surface area contributed by atoms with Crippen molar-refractivity contribution in [2.75, 3.05) is 0 Å². The van der Waals surface area contributed by atoms with E-state index < -0.39 is 6.17 Å². The van der Waals surface area contributed by atoms with E-state index >= 15 is 0 Å². The number of alkyl halides is 1. The fourth-order valence-corrected chi connectivity index (χ4v) is 2.00. The van der Waals surface area contributed by atoms with Crippen molar-refractivity contribution < 1.29 is 4.39 Å². The molecule has 0 rings (SSSR count). The summed E-state index contributed by atoms with van der Waals surface area (Å²) in [5.41, 5.74) is 0. The van der Waals surface area contributed by atoms with Gasteiger partial charge in [0.05, 0.1) is 0 Å². The highest BCUT2D eigenvalue weighted by Crippen LogP contribution is 2.26. The van der Waals surface area contributed by atoms with Crippen molar-refractivity contribution in [3.8, 4) is 0 Å². The van der Waals surface area contributed by atoms with Gasteiger partial charge in [0.2, 0.25) is 0 Å². The molecule has 0 spiro atoms. The van der Waals surface area contributed by atoms with Gasteiger partial charge in [0.25, 0.3) is 0 Å². The summed E-state index contributed by atoms with van der Waals surface area (Å²) in [5.74, 6) is 1.18. The number of halogens is 1. The first kappa shape index (κ1) is 14.9. The molecule has 0 fully saturated rings. The monoisotopic (exact) mass is 216 g/mol. The van der Waals surface area contributed by atoms with Gasteiger partial charge in [0.15, 0.2) is 0 Å². The molecule has 0 nitrogen and oxygen atoms in total. The molecular weight excluding hydrogens is 187 g/mol. The normalized spacial score (nSPS) is 17.8. The predicted molar refractivity (Wildman–Crippen MR) is 66.8 cm³/mol. The summed E-state index contributed by atoms with van der Waals surface area (Å²) in [7, 11) is 0. The summed E-state index contributed by atoms with van der Waals surface area (Å²) in [6, 6.07) is 0. The van der Waals surface area contributed by atoms with E-state index in [4.69, 9.17) is 0 Å². The topological polar surface area (TPSA) is 0 Å². The van der Waals surface area contributed by atoms with E-state index in [1.165, 1.54) is 12.8 Å². The second-order valence-corrected chi connectivity index (χ2v) is 5.51. The van der Waals surface area contributed by atoms with Crippen LogP contribution in [0, 0.1) is 17.8 Å². The van der Waals surface area contributed by atoms with E-state index in [2.05, 4.69) is 34.6 Å². The summed E-state index contributed by atoms with van der Waals surface area (Å²) in [6.45, 7) is 10.7. The molecule has 0 heterocycles. The second-order valence-electron chi connectivity index (χ2n) is 5.51.